The molecule has 0 aromatic heterocycles. The Kier molecular flexibility index (Phi) is 5.94. The summed E-state index contributed by atoms with van der Waals surface area (Å²) in [5, 5.41) is 0. The van der Waals surface area contributed by atoms with E-state index in [4.69, 9.17) is 14.0 Å². The van der Waals surface area contributed by atoms with Crippen LogP contribution in [0, 0.1) is 22.7 Å². The lowest BCUT2D eigenvalue weighted by Crippen LogP contribution is -2.65. The van der Waals surface area contributed by atoms with Gasteiger partial charge in [-0.2, -0.15) is 0 Å². The number of ether oxygens (including phenoxy) is 1. The number of likely N-dealkylation sites (N-methyl/N-ethyl adjacent to an activating group) is 1. The second-order valence-electron chi connectivity index (χ2n) is 13.7. The number of carbonyl (C=O) groups is 1. The number of fused-ring (bicyclic) bond motifs is 1. The van der Waals surface area contributed by atoms with Crippen LogP contribution in [0.1, 0.15) is 87.5 Å². The van der Waals surface area contributed by atoms with Crippen LogP contribution in [0.3, 0.4) is 0 Å². The van der Waals surface area contributed by atoms with Gasteiger partial charge in [0, 0.05) is 24.0 Å². The Morgan fingerprint density at radius 3 is 2.59 bits per heavy atom. The third kappa shape index (κ3) is 3.66. The molecular formula is C27H47BN2O4. The fraction of sp³-hybridized carbons (Fsp3) is 0.963. The van der Waals surface area contributed by atoms with Crippen LogP contribution in [0.15, 0.2) is 0 Å². The number of hydrogen-bond donors (Lipinski definition) is 0. The molecule has 1 amide bonds. The highest BCUT2D eigenvalue weighted by Gasteiger charge is 2.67. The molecule has 6 rings (SSSR count). The van der Waals surface area contributed by atoms with E-state index < -0.39 is 5.60 Å². The zero-order valence-electron chi connectivity index (χ0n) is 22.9. The fourth-order valence-electron chi connectivity index (χ4n) is 8.58. The lowest BCUT2D eigenvalue weighted by atomic mass is 9.43. The van der Waals surface area contributed by atoms with Gasteiger partial charge >= 0.3 is 13.2 Å². The first kappa shape index (κ1) is 24.9. The number of likely N-dealkylation sites (tertiary alicyclic amines) is 2. The molecule has 6 aliphatic rings. The summed E-state index contributed by atoms with van der Waals surface area (Å²) >= 11 is 0. The minimum absolute atomic E-state index is 0.0812. The van der Waals surface area contributed by atoms with Crippen molar-refractivity contribution in [2.24, 2.45) is 22.7 Å². The normalized spacial score (nSPS) is 43.0. The van der Waals surface area contributed by atoms with Crippen molar-refractivity contribution in [1.82, 2.24) is 9.80 Å². The molecule has 6 fully saturated rings. The number of amides is 1. The average molecular weight is 474 g/mol. The summed E-state index contributed by atoms with van der Waals surface area (Å²) in [5.74, 6) is 1.40. The van der Waals surface area contributed by atoms with Crippen LogP contribution in [0.2, 0.25) is 6.32 Å². The monoisotopic (exact) mass is 474 g/mol. The summed E-state index contributed by atoms with van der Waals surface area (Å²) in [4.78, 5) is 17.6. The van der Waals surface area contributed by atoms with Gasteiger partial charge in [-0.25, -0.2) is 4.79 Å². The number of rotatable bonds is 5. The van der Waals surface area contributed by atoms with E-state index in [2.05, 4.69) is 39.5 Å². The van der Waals surface area contributed by atoms with Crippen LogP contribution in [0.5, 0.6) is 0 Å². The zero-order valence-corrected chi connectivity index (χ0v) is 22.9. The van der Waals surface area contributed by atoms with Crippen LogP contribution >= 0.6 is 0 Å². The van der Waals surface area contributed by atoms with Gasteiger partial charge in [-0.15, -0.1) is 0 Å². The number of carbonyl (C=O) groups excluding carboxylic acids is 1. The van der Waals surface area contributed by atoms with Crippen molar-refractivity contribution in [3.63, 3.8) is 0 Å². The molecule has 3 saturated carbocycles. The van der Waals surface area contributed by atoms with Crippen LogP contribution in [0.25, 0.3) is 0 Å². The molecule has 3 heterocycles. The molecule has 0 radical (unpaired) electrons. The van der Waals surface area contributed by atoms with Gasteiger partial charge in [0.25, 0.3) is 0 Å². The number of hydrogen-bond acceptors (Lipinski definition) is 5. The van der Waals surface area contributed by atoms with Gasteiger partial charge in [0.2, 0.25) is 0 Å². The highest BCUT2D eigenvalue weighted by Crippen LogP contribution is 2.66. The number of nitrogens with zero attached hydrogens (tertiary/aromatic N) is 2. The van der Waals surface area contributed by atoms with Gasteiger partial charge in [-0.1, -0.05) is 27.2 Å². The maximum Gasteiger partial charge on any atom is 0.457 e. The van der Waals surface area contributed by atoms with E-state index in [9.17, 15) is 4.79 Å². The van der Waals surface area contributed by atoms with Gasteiger partial charge in [-0.3, -0.25) is 4.90 Å². The minimum Gasteiger partial charge on any atom is -0.444 e. The molecule has 0 aromatic carbocycles. The van der Waals surface area contributed by atoms with E-state index in [1.54, 1.807) is 0 Å². The Morgan fingerprint density at radius 1 is 1.21 bits per heavy atom. The topological polar surface area (TPSA) is 51.2 Å². The first-order valence-corrected chi connectivity index (χ1v) is 13.9. The predicted molar refractivity (Wildman–Crippen MR) is 135 cm³/mol. The van der Waals surface area contributed by atoms with E-state index >= 15 is 0 Å². The van der Waals surface area contributed by atoms with E-state index in [-0.39, 0.29) is 36.4 Å². The van der Waals surface area contributed by atoms with E-state index in [1.807, 2.05) is 25.7 Å². The molecule has 3 aliphatic carbocycles. The summed E-state index contributed by atoms with van der Waals surface area (Å²) in [7, 11) is -0.0812. The largest absolute Gasteiger partial charge is 0.457 e. The van der Waals surface area contributed by atoms with Gasteiger partial charge in [0.1, 0.15) is 5.60 Å². The second kappa shape index (κ2) is 8.11. The molecule has 0 spiro atoms. The fourth-order valence-corrected chi connectivity index (χ4v) is 8.58. The van der Waals surface area contributed by atoms with Crippen molar-refractivity contribution in [3.05, 3.63) is 0 Å². The minimum atomic E-state index is -0.467. The molecule has 3 aliphatic heterocycles. The smallest absolute Gasteiger partial charge is 0.444 e. The summed E-state index contributed by atoms with van der Waals surface area (Å²) in [5.41, 5.74) is -0.0745. The van der Waals surface area contributed by atoms with E-state index in [1.165, 1.54) is 6.42 Å². The molecule has 3 saturated heterocycles. The molecule has 192 valence electrons. The molecule has 0 N–H and O–H groups in total. The Morgan fingerprint density at radius 2 is 1.94 bits per heavy atom. The summed E-state index contributed by atoms with van der Waals surface area (Å²) in [6.45, 7) is 20.4. The van der Waals surface area contributed by atoms with Crippen molar-refractivity contribution in [2.45, 2.75) is 123 Å². The van der Waals surface area contributed by atoms with Crippen LogP contribution in [-0.4, -0.2) is 72.0 Å². The molecule has 34 heavy (non-hydrogen) atoms. The molecule has 2 bridgehead atoms. The SMILES string of the molecule is CCN1CC[C@@]2(CCCB3O[C@@H]4C[C@@H]5C[C@@H](C5(C)C)[C@]4(C)O3)[C@@H]1CN(C(=O)OC(C)(C)C)[C@@H]2C. The molecule has 7 atom stereocenters. The highest BCUT2D eigenvalue weighted by atomic mass is 16.7. The quantitative estimate of drug-likeness (QED) is 0.512. The van der Waals surface area contributed by atoms with Crippen LogP contribution < -0.4 is 0 Å². The van der Waals surface area contributed by atoms with Crippen molar-refractivity contribution < 1.29 is 18.8 Å². The summed E-state index contributed by atoms with van der Waals surface area (Å²) in [6, 6.07) is 0.598. The first-order chi connectivity index (χ1) is 15.8. The average Bonchev–Trinajstić information content (AvgIpc) is 3.35. The van der Waals surface area contributed by atoms with Crippen LogP contribution in [0.4, 0.5) is 4.79 Å². The van der Waals surface area contributed by atoms with Crippen molar-refractivity contribution in [1.29, 1.82) is 0 Å². The lowest BCUT2D eigenvalue weighted by molar-refractivity contribution is -0.199. The molecular weight excluding hydrogens is 427 g/mol. The van der Waals surface area contributed by atoms with Gasteiger partial charge in [0.15, 0.2) is 0 Å². The van der Waals surface area contributed by atoms with Crippen LogP contribution in [-0.2, 0) is 14.0 Å². The molecule has 7 heteroatoms. The van der Waals surface area contributed by atoms with Crippen molar-refractivity contribution in [2.75, 3.05) is 19.6 Å². The highest BCUT2D eigenvalue weighted by molar-refractivity contribution is 6.45. The zero-order chi connectivity index (χ0) is 24.7. The van der Waals surface area contributed by atoms with Crippen molar-refractivity contribution >= 4 is 13.2 Å². The first-order valence-electron chi connectivity index (χ1n) is 13.9. The Labute approximate surface area is 207 Å². The lowest BCUT2D eigenvalue weighted by Gasteiger charge is -2.64. The van der Waals surface area contributed by atoms with Gasteiger partial charge in [-0.05, 0) is 97.0 Å². The molecule has 0 unspecified atom stereocenters. The third-order valence-electron chi connectivity index (χ3n) is 10.8. The predicted octanol–water partition coefficient (Wildman–Crippen LogP) is 5.21. The van der Waals surface area contributed by atoms with Crippen molar-refractivity contribution in [3.8, 4) is 0 Å². The summed E-state index contributed by atoms with van der Waals surface area (Å²) < 4.78 is 19.0. The molecule has 6 nitrogen and oxygen atoms in total. The Bertz CT molecular complexity index is 815. The maximum absolute atomic E-state index is 13.0. The van der Waals surface area contributed by atoms with E-state index in [0.717, 1.165) is 57.6 Å². The Hall–Kier alpha value is -0.785. The third-order valence-corrected chi connectivity index (χ3v) is 10.8. The van der Waals surface area contributed by atoms with Gasteiger partial charge in [0.05, 0.1) is 11.7 Å². The van der Waals surface area contributed by atoms with E-state index in [0.29, 0.717) is 17.4 Å². The molecule has 0 aromatic rings. The Balaban J connectivity index is 1.23. The van der Waals surface area contributed by atoms with Gasteiger partial charge < -0.3 is 18.9 Å². The maximum atomic E-state index is 13.0. The second-order valence-corrected chi connectivity index (χ2v) is 13.7. The standard InChI is InChI=1S/C27H47BN2O4/c1-9-29-14-12-27(18(2)30(17-21(27)29)23(31)32-24(3,4)5)11-10-13-28-33-22-16-19-15-20(25(19,6)7)26(22,8)34-28/h18-22H,9-17H2,1-8H3/t18-,19+,20+,21+,22-,26+,27-/m1/s1. The summed E-state index contributed by atoms with van der Waals surface area (Å²) in [6.07, 6.45) is 6.82.